The average Bonchev–Trinajstić information content (AvgIpc) is 3.17. The van der Waals surface area contributed by atoms with E-state index in [1.54, 1.807) is 22.8 Å². The molecule has 2 aromatic rings. The molecule has 2 aromatic heterocycles. The Bertz CT molecular complexity index is 609. The summed E-state index contributed by atoms with van der Waals surface area (Å²) >= 11 is 0. The van der Waals surface area contributed by atoms with Crippen LogP contribution in [-0.2, 0) is 9.53 Å². The van der Waals surface area contributed by atoms with Gasteiger partial charge in [0.05, 0.1) is 13.2 Å². The zero-order valence-corrected chi connectivity index (χ0v) is 11.9. The fourth-order valence-corrected chi connectivity index (χ4v) is 2.30. The quantitative estimate of drug-likeness (QED) is 0.845. The van der Waals surface area contributed by atoms with E-state index in [4.69, 9.17) is 4.74 Å². The number of aromatic nitrogens is 6. The molecule has 1 fully saturated rings. The first-order chi connectivity index (χ1) is 10.1. The van der Waals surface area contributed by atoms with Crippen molar-refractivity contribution in [2.24, 2.45) is 0 Å². The lowest BCUT2D eigenvalue weighted by atomic mass is 10.2. The van der Waals surface area contributed by atoms with Gasteiger partial charge in [0.25, 0.3) is 0 Å². The number of amides is 1. The van der Waals surface area contributed by atoms with Gasteiger partial charge >= 0.3 is 0 Å². The molecule has 9 heteroatoms. The molecule has 0 aromatic carbocycles. The summed E-state index contributed by atoms with van der Waals surface area (Å²) in [5.74, 6) is 1.30. The van der Waals surface area contributed by atoms with Crippen LogP contribution in [0.5, 0.6) is 0 Å². The van der Waals surface area contributed by atoms with E-state index < -0.39 is 0 Å². The van der Waals surface area contributed by atoms with Gasteiger partial charge in [0.2, 0.25) is 5.91 Å². The Labute approximate surface area is 121 Å². The Morgan fingerprint density at radius 1 is 1.57 bits per heavy atom. The van der Waals surface area contributed by atoms with Crippen LogP contribution in [0.25, 0.3) is 0 Å². The van der Waals surface area contributed by atoms with Crippen LogP contribution in [0.15, 0.2) is 12.7 Å². The number of nitrogens with zero attached hydrogens (tertiary/aromatic N) is 6. The molecule has 0 aliphatic carbocycles. The number of hydrogen-bond acceptors (Lipinski definition) is 6. The molecule has 9 nitrogen and oxygen atoms in total. The second-order valence-electron chi connectivity index (χ2n) is 4.97. The molecular weight excluding hydrogens is 274 g/mol. The highest BCUT2D eigenvalue weighted by molar-refractivity contribution is 5.80. The second kappa shape index (κ2) is 5.60. The molecule has 3 heterocycles. The molecule has 0 bridgehead atoms. The number of hydrogen-bond donors (Lipinski definition) is 1. The second-order valence-corrected chi connectivity index (χ2v) is 4.97. The maximum Gasteiger partial charge on any atom is 0.247 e. The molecule has 112 valence electrons. The molecule has 3 rings (SSSR count). The van der Waals surface area contributed by atoms with Crippen molar-refractivity contribution in [1.29, 1.82) is 0 Å². The Morgan fingerprint density at radius 3 is 3.10 bits per heavy atom. The minimum atomic E-state index is -0.389. The molecule has 2 atom stereocenters. The predicted octanol–water partition coefficient (Wildman–Crippen LogP) is -0.134. The predicted molar refractivity (Wildman–Crippen MR) is 71.1 cm³/mol. The maximum absolute atomic E-state index is 12.5. The third-order valence-electron chi connectivity index (χ3n) is 3.47. The van der Waals surface area contributed by atoms with Crippen molar-refractivity contribution in [2.45, 2.75) is 26.0 Å². The van der Waals surface area contributed by atoms with E-state index in [-0.39, 0.29) is 18.1 Å². The fourth-order valence-electron chi connectivity index (χ4n) is 2.30. The van der Waals surface area contributed by atoms with Crippen molar-refractivity contribution in [3.05, 3.63) is 24.3 Å². The van der Waals surface area contributed by atoms with Gasteiger partial charge in [0.15, 0.2) is 5.82 Å². The summed E-state index contributed by atoms with van der Waals surface area (Å²) in [5, 5.41) is 10.9. The molecule has 0 radical (unpaired) electrons. The van der Waals surface area contributed by atoms with Crippen molar-refractivity contribution in [3.8, 4) is 0 Å². The van der Waals surface area contributed by atoms with Gasteiger partial charge in [-0.1, -0.05) is 0 Å². The molecule has 0 spiro atoms. The first kappa shape index (κ1) is 13.7. The van der Waals surface area contributed by atoms with Crippen molar-refractivity contribution in [2.75, 3.05) is 19.7 Å². The smallest absolute Gasteiger partial charge is 0.247 e. The fraction of sp³-hybridized carbons (Fsp3) is 0.583. The van der Waals surface area contributed by atoms with Crippen LogP contribution in [0.3, 0.4) is 0 Å². The number of carbonyl (C=O) groups is 1. The number of aryl methyl sites for hydroxylation is 1. The van der Waals surface area contributed by atoms with Crippen molar-refractivity contribution in [1.82, 2.24) is 34.8 Å². The topological polar surface area (TPSA) is 102 Å². The lowest BCUT2D eigenvalue weighted by molar-refractivity contribution is -0.142. The van der Waals surface area contributed by atoms with Gasteiger partial charge < -0.3 is 9.64 Å². The zero-order valence-electron chi connectivity index (χ0n) is 11.9. The number of rotatable bonds is 3. The number of carbonyl (C=O) groups excluding carboxylic acids is 1. The average molecular weight is 291 g/mol. The molecule has 1 aliphatic rings. The SMILES string of the molecule is Cc1nc([C@@H]2CN(C(=O)[C@H](C)n3cncn3)CCO2)n[nH]1. The van der Waals surface area contributed by atoms with Gasteiger partial charge in [0, 0.05) is 6.54 Å². The Hall–Kier alpha value is -2.29. The Kier molecular flexibility index (Phi) is 3.65. The molecule has 1 saturated heterocycles. The molecule has 1 aliphatic heterocycles. The summed E-state index contributed by atoms with van der Waals surface area (Å²) in [6.45, 7) is 5.09. The van der Waals surface area contributed by atoms with Gasteiger partial charge in [-0.2, -0.15) is 10.2 Å². The normalized spacial score (nSPS) is 20.5. The molecule has 0 unspecified atom stereocenters. The van der Waals surface area contributed by atoms with Crippen molar-refractivity contribution in [3.63, 3.8) is 0 Å². The van der Waals surface area contributed by atoms with E-state index in [1.807, 2.05) is 6.92 Å². The van der Waals surface area contributed by atoms with E-state index in [0.717, 1.165) is 5.82 Å². The van der Waals surface area contributed by atoms with E-state index >= 15 is 0 Å². The minimum Gasteiger partial charge on any atom is -0.366 e. The number of aromatic amines is 1. The summed E-state index contributed by atoms with van der Waals surface area (Å²) in [5.41, 5.74) is 0. The van der Waals surface area contributed by atoms with E-state index in [1.165, 1.54) is 6.33 Å². The Morgan fingerprint density at radius 2 is 2.43 bits per heavy atom. The van der Waals surface area contributed by atoms with E-state index in [0.29, 0.717) is 25.5 Å². The van der Waals surface area contributed by atoms with Crippen molar-refractivity contribution >= 4 is 5.91 Å². The third-order valence-corrected chi connectivity index (χ3v) is 3.47. The summed E-state index contributed by atoms with van der Waals surface area (Å²) in [6, 6.07) is -0.389. The summed E-state index contributed by atoms with van der Waals surface area (Å²) in [7, 11) is 0. The van der Waals surface area contributed by atoms with Gasteiger partial charge in [-0.3, -0.25) is 9.89 Å². The Balaban J connectivity index is 1.69. The van der Waals surface area contributed by atoms with Gasteiger partial charge in [-0.05, 0) is 13.8 Å². The highest BCUT2D eigenvalue weighted by Crippen LogP contribution is 2.21. The lowest BCUT2D eigenvalue weighted by Gasteiger charge is -2.33. The zero-order chi connectivity index (χ0) is 14.8. The standard InChI is InChI=1S/C12H17N7O2/c1-8(19-7-13-6-14-19)12(20)18-3-4-21-10(5-18)11-15-9(2)16-17-11/h6-8,10H,3-5H2,1-2H3,(H,15,16,17)/t8-,10-/m0/s1. The molecule has 1 amide bonds. The van der Waals surface area contributed by atoms with E-state index in [2.05, 4.69) is 25.3 Å². The highest BCUT2D eigenvalue weighted by Gasteiger charge is 2.30. The highest BCUT2D eigenvalue weighted by atomic mass is 16.5. The van der Waals surface area contributed by atoms with Crippen LogP contribution in [0.2, 0.25) is 0 Å². The monoisotopic (exact) mass is 291 g/mol. The third kappa shape index (κ3) is 2.77. The lowest BCUT2D eigenvalue weighted by Crippen LogP contribution is -2.45. The maximum atomic E-state index is 12.5. The largest absolute Gasteiger partial charge is 0.366 e. The van der Waals surface area contributed by atoms with Gasteiger partial charge in [-0.25, -0.2) is 14.6 Å². The number of nitrogens with one attached hydrogen (secondary N) is 1. The molecule has 1 N–H and O–H groups in total. The van der Waals surface area contributed by atoms with Gasteiger partial charge in [0.1, 0.15) is 30.6 Å². The van der Waals surface area contributed by atoms with Crippen LogP contribution in [0.1, 0.15) is 30.7 Å². The number of morpholine rings is 1. The number of H-pyrrole nitrogens is 1. The van der Waals surface area contributed by atoms with Crippen LogP contribution in [0, 0.1) is 6.92 Å². The summed E-state index contributed by atoms with van der Waals surface area (Å²) < 4.78 is 7.20. The van der Waals surface area contributed by atoms with Crippen LogP contribution in [0.4, 0.5) is 0 Å². The van der Waals surface area contributed by atoms with Crippen LogP contribution >= 0.6 is 0 Å². The number of ether oxygens (including phenoxy) is 1. The molecule has 0 saturated carbocycles. The van der Waals surface area contributed by atoms with E-state index in [9.17, 15) is 4.79 Å². The van der Waals surface area contributed by atoms with Crippen molar-refractivity contribution < 1.29 is 9.53 Å². The molecular formula is C12H17N7O2. The first-order valence-electron chi connectivity index (χ1n) is 6.78. The first-order valence-corrected chi connectivity index (χ1v) is 6.78. The van der Waals surface area contributed by atoms with Crippen LogP contribution < -0.4 is 0 Å². The minimum absolute atomic E-state index is 0.0129. The summed E-state index contributed by atoms with van der Waals surface area (Å²) in [4.78, 5) is 22.4. The van der Waals surface area contributed by atoms with Crippen LogP contribution in [-0.4, -0.2) is 60.4 Å². The summed E-state index contributed by atoms with van der Waals surface area (Å²) in [6.07, 6.45) is 2.66. The van der Waals surface area contributed by atoms with Gasteiger partial charge in [-0.15, -0.1) is 0 Å². The molecule has 21 heavy (non-hydrogen) atoms.